The van der Waals surface area contributed by atoms with Crippen molar-refractivity contribution in [2.45, 2.75) is 38.3 Å². The lowest BCUT2D eigenvalue weighted by atomic mass is 9.86. The number of benzene rings is 1. The van der Waals surface area contributed by atoms with Gasteiger partial charge in [0.25, 0.3) is 5.91 Å². The molecule has 2 aromatic rings. The minimum Gasteiger partial charge on any atom is -0.367 e. The molecule has 1 heterocycles. The highest BCUT2D eigenvalue weighted by molar-refractivity contribution is 5.82. The molecule has 0 saturated carbocycles. The van der Waals surface area contributed by atoms with Gasteiger partial charge in [-0.15, -0.1) is 0 Å². The summed E-state index contributed by atoms with van der Waals surface area (Å²) in [4.78, 5) is 12.5. The molecule has 1 amide bonds. The van der Waals surface area contributed by atoms with Crippen LogP contribution in [0, 0.1) is 11.3 Å². The first kappa shape index (κ1) is 18.7. The van der Waals surface area contributed by atoms with Crippen molar-refractivity contribution >= 4 is 5.91 Å². The van der Waals surface area contributed by atoms with Crippen molar-refractivity contribution in [1.82, 2.24) is 15.1 Å². The van der Waals surface area contributed by atoms with Crippen molar-refractivity contribution in [1.29, 1.82) is 5.26 Å². The number of hydrogen-bond acceptors (Lipinski definition) is 4. The maximum Gasteiger partial charge on any atom is 0.255 e. The number of nitrogens with zero attached hydrogens (tertiary/aromatic N) is 3. The standard InChI is InChI=1S/C19H24N4O2/c1-19(2,3)15-8-6-13(7-9-15)16(10-20)22-18(24)17(25-5)14-11-21-23(4)12-14/h6-9,11-12,16-17H,1-5H3,(H,22,24)/t16-,17+/m1/s1. The molecule has 0 saturated heterocycles. The number of carbonyl (C=O) groups is 1. The van der Waals surface area contributed by atoms with Gasteiger partial charge in [0.05, 0.1) is 12.3 Å². The van der Waals surface area contributed by atoms with Gasteiger partial charge in [0.15, 0.2) is 6.10 Å². The average molecular weight is 340 g/mol. The van der Waals surface area contributed by atoms with Gasteiger partial charge in [-0.3, -0.25) is 9.48 Å². The van der Waals surface area contributed by atoms with Crippen LogP contribution in [0.4, 0.5) is 0 Å². The molecule has 0 unspecified atom stereocenters. The normalized spacial score (nSPS) is 13.8. The van der Waals surface area contributed by atoms with Crippen molar-refractivity contribution in [2.75, 3.05) is 7.11 Å². The third kappa shape index (κ3) is 4.46. The largest absolute Gasteiger partial charge is 0.367 e. The number of nitrogens with one attached hydrogen (secondary N) is 1. The number of nitriles is 1. The summed E-state index contributed by atoms with van der Waals surface area (Å²) in [7, 11) is 3.22. The van der Waals surface area contributed by atoms with Crippen LogP contribution in [0.15, 0.2) is 36.7 Å². The minimum atomic E-state index is -0.807. The molecule has 1 aromatic carbocycles. The zero-order chi connectivity index (χ0) is 18.6. The molecule has 0 bridgehead atoms. The molecule has 0 fully saturated rings. The number of aryl methyl sites for hydroxylation is 1. The van der Waals surface area contributed by atoms with Gasteiger partial charge in [-0.1, -0.05) is 45.0 Å². The average Bonchev–Trinajstić information content (AvgIpc) is 2.98. The summed E-state index contributed by atoms with van der Waals surface area (Å²) in [6, 6.07) is 9.12. The number of methoxy groups -OCH3 is 1. The van der Waals surface area contributed by atoms with E-state index in [0.29, 0.717) is 5.56 Å². The Labute approximate surface area is 148 Å². The zero-order valence-corrected chi connectivity index (χ0v) is 15.3. The first-order valence-electron chi connectivity index (χ1n) is 8.08. The van der Waals surface area contributed by atoms with E-state index in [1.54, 1.807) is 24.1 Å². The molecule has 0 aliphatic rings. The minimum absolute atomic E-state index is 0.0331. The molecule has 1 N–H and O–H groups in total. The molecule has 1 aromatic heterocycles. The first-order chi connectivity index (χ1) is 11.8. The quantitative estimate of drug-likeness (QED) is 0.907. The fraction of sp³-hybridized carbons (Fsp3) is 0.421. The number of carbonyl (C=O) groups excluding carboxylic acids is 1. The van der Waals surface area contributed by atoms with Crippen LogP contribution < -0.4 is 5.32 Å². The van der Waals surface area contributed by atoms with E-state index in [1.807, 2.05) is 24.3 Å². The van der Waals surface area contributed by atoms with Gasteiger partial charge in [0.1, 0.15) is 6.04 Å². The van der Waals surface area contributed by atoms with Crippen molar-refractivity contribution in [3.63, 3.8) is 0 Å². The summed E-state index contributed by atoms with van der Waals surface area (Å²) < 4.78 is 6.88. The second-order valence-electron chi connectivity index (χ2n) is 7.01. The highest BCUT2D eigenvalue weighted by Crippen LogP contribution is 2.24. The summed E-state index contributed by atoms with van der Waals surface area (Å²) in [5.74, 6) is -0.373. The van der Waals surface area contributed by atoms with Gasteiger partial charge in [0, 0.05) is 25.9 Å². The van der Waals surface area contributed by atoms with Crippen LogP contribution in [0.3, 0.4) is 0 Å². The molecule has 132 valence electrons. The predicted octanol–water partition coefficient (Wildman–Crippen LogP) is 2.79. The van der Waals surface area contributed by atoms with Crippen molar-refractivity contribution in [3.05, 3.63) is 53.3 Å². The summed E-state index contributed by atoms with van der Waals surface area (Å²) in [6.45, 7) is 6.38. The third-order valence-corrected chi connectivity index (χ3v) is 4.03. The monoisotopic (exact) mass is 340 g/mol. The third-order valence-electron chi connectivity index (χ3n) is 4.03. The predicted molar refractivity (Wildman–Crippen MR) is 94.6 cm³/mol. The fourth-order valence-electron chi connectivity index (χ4n) is 2.55. The van der Waals surface area contributed by atoms with Crippen molar-refractivity contribution in [3.8, 4) is 6.07 Å². The van der Waals surface area contributed by atoms with Gasteiger partial charge in [-0.05, 0) is 16.5 Å². The lowest BCUT2D eigenvalue weighted by Crippen LogP contribution is -2.33. The molecule has 0 spiro atoms. The smallest absolute Gasteiger partial charge is 0.255 e. The molecule has 0 radical (unpaired) electrons. The summed E-state index contributed by atoms with van der Waals surface area (Å²) in [6.07, 6.45) is 2.49. The van der Waals surface area contributed by atoms with Crippen molar-refractivity contribution in [2.24, 2.45) is 7.05 Å². The van der Waals surface area contributed by atoms with Gasteiger partial charge in [0.2, 0.25) is 0 Å². The maximum absolute atomic E-state index is 12.5. The van der Waals surface area contributed by atoms with E-state index < -0.39 is 12.1 Å². The second kappa shape index (κ2) is 7.49. The number of hydrogen-bond donors (Lipinski definition) is 1. The Kier molecular flexibility index (Phi) is 5.60. The summed E-state index contributed by atoms with van der Waals surface area (Å²) in [5, 5.41) is 16.3. The van der Waals surface area contributed by atoms with E-state index in [9.17, 15) is 10.1 Å². The molecular formula is C19H24N4O2. The Bertz CT molecular complexity index is 766. The van der Waals surface area contributed by atoms with Crippen LogP contribution in [-0.4, -0.2) is 22.8 Å². The Morgan fingerprint density at radius 2 is 1.92 bits per heavy atom. The SMILES string of the molecule is CO[C@H](C(=O)N[C@H](C#N)c1ccc(C(C)(C)C)cc1)c1cnn(C)c1. The number of rotatable bonds is 5. The molecule has 25 heavy (non-hydrogen) atoms. The Hall–Kier alpha value is -2.65. The van der Waals surface area contributed by atoms with E-state index in [-0.39, 0.29) is 11.3 Å². The molecule has 6 nitrogen and oxygen atoms in total. The summed E-state index contributed by atoms with van der Waals surface area (Å²) >= 11 is 0. The Morgan fingerprint density at radius 1 is 1.28 bits per heavy atom. The number of amides is 1. The van der Waals surface area contributed by atoms with Crippen LogP contribution >= 0.6 is 0 Å². The lowest BCUT2D eigenvalue weighted by molar-refractivity contribution is -0.131. The molecule has 2 rings (SSSR count). The molecule has 0 aliphatic heterocycles. The topological polar surface area (TPSA) is 79.9 Å². The maximum atomic E-state index is 12.5. The first-order valence-corrected chi connectivity index (χ1v) is 8.08. The summed E-state index contributed by atoms with van der Waals surface area (Å²) in [5.41, 5.74) is 2.59. The second-order valence-corrected chi connectivity index (χ2v) is 7.01. The molecule has 6 heteroatoms. The van der Waals surface area contributed by atoms with Crippen LogP contribution in [-0.2, 0) is 22.0 Å². The van der Waals surface area contributed by atoms with Gasteiger partial charge in [-0.25, -0.2) is 0 Å². The van der Waals surface area contributed by atoms with Gasteiger partial charge >= 0.3 is 0 Å². The zero-order valence-electron chi connectivity index (χ0n) is 15.3. The molecule has 2 atom stereocenters. The van der Waals surface area contributed by atoms with E-state index >= 15 is 0 Å². The highest BCUT2D eigenvalue weighted by atomic mass is 16.5. The van der Waals surface area contributed by atoms with Gasteiger partial charge in [-0.2, -0.15) is 10.4 Å². The van der Waals surface area contributed by atoms with Crippen LogP contribution in [0.5, 0.6) is 0 Å². The molecule has 0 aliphatic carbocycles. The van der Waals surface area contributed by atoms with Crippen LogP contribution in [0.25, 0.3) is 0 Å². The van der Waals surface area contributed by atoms with Gasteiger partial charge < -0.3 is 10.1 Å². The van der Waals surface area contributed by atoms with E-state index in [1.165, 1.54) is 12.7 Å². The number of aromatic nitrogens is 2. The molecular weight excluding hydrogens is 316 g/mol. The van der Waals surface area contributed by atoms with Crippen LogP contribution in [0.2, 0.25) is 0 Å². The Balaban J connectivity index is 2.15. The fourth-order valence-corrected chi connectivity index (χ4v) is 2.55. The van der Waals surface area contributed by atoms with E-state index in [0.717, 1.165) is 5.56 Å². The van der Waals surface area contributed by atoms with Crippen LogP contribution in [0.1, 0.15) is 49.6 Å². The van der Waals surface area contributed by atoms with Crippen molar-refractivity contribution < 1.29 is 9.53 Å². The highest BCUT2D eigenvalue weighted by Gasteiger charge is 2.25. The Morgan fingerprint density at radius 3 is 2.36 bits per heavy atom. The van der Waals surface area contributed by atoms with E-state index in [2.05, 4.69) is 37.3 Å². The number of ether oxygens (including phenoxy) is 1. The van der Waals surface area contributed by atoms with E-state index in [4.69, 9.17) is 4.74 Å². The lowest BCUT2D eigenvalue weighted by Gasteiger charge is -2.21.